The Morgan fingerprint density at radius 2 is 2.11 bits per heavy atom. The number of thiophene rings is 1. The minimum absolute atomic E-state index is 0.0918. The predicted molar refractivity (Wildman–Crippen MR) is 111 cm³/mol. The molecule has 0 aliphatic carbocycles. The fourth-order valence-electron chi connectivity index (χ4n) is 3.12. The Labute approximate surface area is 166 Å². The molecular weight excluding hydrogens is 370 g/mol. The van der Waals surface area contributed by atoms with Gasteiger partial charge in [-0.15, -0.1) is 11.3 Å². The zero-order valence-corrected chi connectivity index (χ0v) is 16.8. The van der Waals surface area contributed by atoms with Gasteiger partial charge in [0.15, 0.2) is 5.65 Å². The zero-order chi connectivity index (χ0) is 19.7. The van der Waals surface area contributed by atoms with Crippen LogP contribution in [0.2, 0.25) is 0 Å². The van der Waals surface area contributed by atoms with E-state index in [1.807, 2.05) is 61.2 Å². The Morgan fingerprint density at radius 3 is 2.86 bits per heavy atom. The second kappa shape index (κ2) is 7.52. The van der Waals surface area contributed by atoms with Gasteiger partial charge in [-0.1, -0.05) is 12.1 Å². The Kier molecular flexibility index (Phi) is 4.92. The van der Waals surface area contributed by atoms with Crippen molar-refractivity contribution in [2.75, 3.05) is 0 Å². The monoisotopic (exact) mass is 391 g/mol. The number of hydrogen-bond acceptors (Lipinski definition) is 5. The standard InChI is InChI=1S/C21H21N5OS/c1-14(2)23-19-8-4-5-9-25(19)21(27)17-11-15(3)24-20-18(17)12-22-26(20)13-16-7-6-10-28-16/h4-12,14H,13H2,1-3H3. The fourth-order valence-corrected chi connectivity index (χ4v) is 3.81. The number of aryl methyl sites for hydroxylation is 1. The van der Waals surface area contributed by atoms with E-state index in [1.54, 1.807) is 28.3 Å². The minimum Gasteiger partial charge on any atom is -0.268 e. The second-order valence-corrected chi connectivity index (χ2v) is 7.92. The van der Waals surface area contributed by atoms with Crippen LogP contribution in [0.25, 0.3) is 11.0 Å². The average Bonchev–Trinajstić information content (AvgIpc) is 3.31. The van der Waals surface area contributed by atoms with Gasteiger partial charge in [-0.25, -0.2) is 9.67 Å². The van der Waals surface area contributed by atoms with Crippen LogP contribution >= 0.6 is 11.3 Å². The average molecular weight is 392 g/mol. The molecule has 0 spiro atoms. The quantitative estimate of drug-likeness (QED) is 0.533. The molecule has 7 heteroatoms. The highest BCUT2D eigenvalue weighted by Gasteiger charge is 2.18. The van der Waals surface area contributed by atoms with Crippen LogP contribution in [0.4, 0.5) is 0 Å². The molecule has 0 atom stereocenters. The van der Waals surface area contributed by atoms with Gasteiger partial charge in [0.25, 0.3) is 5.91 Å². The number of nitrogens with zero attached hydrogens (tertiary/aromatic N) is 5. The van der Waals surface area contributed by atoms with Crippen molar-refractivity contribution in [2.45, 2.75) is 33.4 Å². The third-order valence-corrected chi connectivity index (χ3v) is 5.16. The van der Waals surface area contributed by atoms with Crippen LogP contribution in [0, 0.1) is 6.92 Å². The lowest BCUT2D eigenvalue weighted by molar-refractivity contribution is 0.0956. The van der Waals surface area contributed by atoms with Crippen molar-refractivity contribution >= 4 is 28.3 Å². The molecule has 0 aliphatic rings. The van der Waals surface area contributed by atoms with Crippen LogP contribution in [0.15, 0.2) is 59.2 Å². The van der Waals surface area contributed by atoms with E-state index in [1.165, 1.54) is 4.88 Å². The highest BCUT2D eigenvalue weighted by atomic mass is 32.1. The summed E-state index contributed by atoms with van der Waals surface area (Å²) in [6.07, 6.45) is 3.48. The molecule has 0 fully saturated rings. The SMILES string of the molecule is Cc1cc(C(=O)n2ccccc2=NC(C)C)c2cnn(Cc3cccs3)c2n1. The molecule has 0 N–H and O–H groups in total. The Morgan fingerprint density at radius 1 is 1.25 bits per heavy atom. The Bertz CT molecular complexity index is 1200. The van der Waals surface area contributed by atoms with Gasteiger partial charge in [0.2, 0.25) is 0 Å². The summed E-state index contributed by atoms with van der Waals surface area (Å²) in [5.41, 5.74) is 2.71. The topological polar surface area (TPSA) is 65.1 Å². The number of carbonyl (C=O) groups is 1. The van der Waals surface area contributed by atoms with Crippen LogP contribution in [0.1, 0.15) is 34.8 Å². The smallest absolute Gasteiger partial charge is 0.264 e. The number of hydrogen-bond donors (Lipinski definition) is 0. The van der Waals surface area contributed by atoms with E-state index in [4.69, 9.17) is 0 Å². The fraction of sp³-hybridized carbons (Fsp3) is 0.238. The summed E-state index contributed by atoms with van der Waals surface area (Å²) in [6, 6.07) is 11.6. The van der Waals surface area contributed by atoms with Crippen molar-refractivity contribution < 1.29 is 4.79 Å². The van der Waals surface area contributed by atoms with Crippen LogP contribution in [0.3, 0.4) is 0 Å². The summed E-state index contributed by atoms with van der Waals surface area (Å²) in [7, 11) is 0. The molecule has 0 aromatic carbocycles. The first kappa shape index (κ1) is 18.3. The van der Waals surface area contributed by atoms with Crippen molar-refractivity contribution in [3.63, 3.8) is 0 Å². The maximum atomic E-state index is 13.4. The number of fused-ring (bicyclic) bond motifs is 1. The summed E-state index contributed by atoms with van der Waals surface area (Å²) in [6.45, 7) is 6.52. The highest BCUT2D eigenvalue weighted by Crippen LogP contribution is 2.21. The van der Waals surface area contributed by atoms with Crippen molar-refractivity contribution in [2.24, 2.45) is 4.99 Å². The summed E-state index contributed by atoms with van der Waals surface area (Å²) in [4.78, 5) is 23.8. The van der Waals surface area contributed by atoms with E-state index in [0.717, 1.165) is 16.7 Å². The molecule has 28 heavy (non-hydrogen) atoms. The first-order valence-corrected chi connectivity index (χ1v) is 10.0. The molecule has 142 valence electrons. The van der Waals surface area contributed by atoms with E-state index in [0.29, 0.717) is 17.6 Å². The third-order valence-electron chi connectivity index (χ3n) is 4.30. The molecule has 0 unspecified atom stereocenters. The second-order valence-electron chi connectivity index (χ2n) is 6.89. The van der Waals surface area contributed by atoms with Crippen LogP contribution in [-0.4, -0.2) is 31.3 Å². The van der Waals surface area contributed by atoms with E-state index >= 15 is 0 Å². The molecule has 4 heterocycles. The number of rotatable bonds is 4. The van der Waals surface area contributed by atoms with Gasteiger partial charge < -0.3 is 0 Å². The molecule has 6 nitrogen and oxygen atoms in total. The number of aromatic nitrogens is 4. The molecule has 0 aliphatic heterocycles. The Hall–Kier alpha value is -3.06. The summed E-state index contributed by atoms with van der Waals surface area (Å²) in [5, 5.41) is 7.29. The zero-order valence-electron chi connectivity index (χ0n) is 16.0. The lowest BCUT2D eigenvalue weighted by Crippen LogP contribution is -2.28. The molecule has 4 rings (SSSR count). The van der Waals surface area contributed by atoms with Gasteiger partial charge in [0, 0.05) is 22.8 Å². The van der Waals surface area contributed by atoms with E-state index in [2.05, 4.69) is 21.1 Å². The summed E-state index contributed by atoms with van der Waals surface area (Å²) < 4.78 is 3.44. The number of carbonyl (C=O) groups excluding carboxylic acids is 1. The lowest BCUT2D eigenvalue weighted by atomic mass is 10.1. The summed E-state index contributed by atoms with van der Waals surface area (Å²) >= 11 is 1.68. The molecule has 4 aromatic heterocycles. The van der Waals surface area contributed by atoms with Crippen LogP contribution < -0.4 is 5.49 Å². The maximum Gasteiger partial charge on any atom is 0.264 e. The highest BCUT2D eigenvalue weighted by molar-refractivity contribution is 7.09. The molecule has 4 aromatic rings. The molecule has 0 radical (unpaired) electrons. The van der Waals surface area contributed by atoms with Crippen LogP contribution in [-0.2, 0) is 6.54 Å². The van der Waals surface area contributed by atoms with Gasteiger partial charge in [-0.3, -0.25) is 14.4 Å². The van der Waals surface area contributed by atoms with Gasteiger partial charge in [-0.05, 0) is 50.4 Å². The molecule has 0 saturated carbocycles. The molecule has 0 amide bonds. The van der Waals surface area contributed by atoms with Gasteiger partial charge in [0.1, 0.15) is 5.49 Å². The van der Waals surface area contributed by atoms with Gasteiger partial charge in [-0.2, -0.15) is 5.10 Å². The van der Waals surface area contributed by atoms with Crippen molar-refractivity contribution in [1.82, 2.24) is 19.3 Å². The normalized spacial score (nSPS) is 12.2. The van der Waals surface area contributed by atoms with E-state index in [-0.39, 0.29) is 11.9 Å². The number of pyridine rings is 2. The predicted octanol–water partition coefficient (Wildman–Crippen LogP) is 3.65. The minimum atomic E-state index is -0.133. The first-order valence-electron chi connectivity index (χ1n) is 9.14. The largest absolute Gasteiger partial charge is 0.268 e. The van der Waals surface area contributed by atoms with Gasteiger partial charge >= 0.3 is 0 Å². The molecular formula is C21H21N5OS. The van der Waals surface area contributed by atoms with Crippen LogP contribution in [0.5, 0.6) is 0 Å². The van der Waals surface area contributed by atoms with Crippen molar-refractivity contribution in [1.29, 1.82) is 0 Å². The summed E-state index contributed by atoms with van der Waals surface area (Å²) in [5.74, 6) is -0.133. The first-order chi connectivity index (χ1) is 13.5. The Balaban J connectivity index is 1.84. The van der Waals surface area contributed by atoms with Crippen molar-refractivity contribution in [3.8, 4) is 0 Å². The van der Waals surface area contributed by atoms with Crippen molar-refractivity contribution in [3.05, 3.63) is 75.8 Å². The lowest BCUT2D eigenvalue weighted by Gasteiger charge is -2.09. The molecule has 0 saturated heterocycles. The third kappa shape index (κ3) is 3.53. The van der Waals surface area contributed by atoms with Gasteiger partial charge in [0.05, 0.1) is 23.7 Å². The van der Waals surface area contributed by atoms with E-state index < -0.39 is 0 Å². The van der Waals surface area contributed by atoms with E-state index in [9.17, 15) is 4.79 Å². The molecule has 0 bridgehead atoms. The maximum absolute atomic E-state index is 13.4.